The minimum atomic E-state index is -0.101. The number of hydrogen-bond donors (Lipinski definition) is 0. The molecule has 114 valence electrons. The summed E-state index contributed by atoms with van der Waals surface area (Å²) in [5, 5.41) is 8.30. The van der Waals surface area contributed by atoms with E-state index in [0.717, 1.165) is 25.5 Å². The van der Waals surface area contributed by atoms with Crippen LogP contribution in [0.1, 0.15) is 45.3 Å². The Morgan fingerprint density at radius 2 is 2.24 bits per heavy atom. The SMILES string of the molecule is CC(C)(C)c1nc(CN2CCC[C@H]2Cn2cncn2)no1. The summed E-state index contributed by atoms with van der Waals surface area (Å²) in [7, 11) is 0. The van der Waals surface area contributed by atoms with E-state index in [0.29, 0.717) is 11.9 Å². The highest BCUT2D eigenvalue weighted by molar-refractivity contribution is 4.98. The first-order valence-corrected chi connectivity index (χ1v) is 7.42. The maximum absolute atomic E-state index is 5.37. The first-order chi connectivity index (χ1) is 10.0. The zero-order valence-corrected chi connectivity index (χ0v) is 12.9. The summed E-state index contributed by atoms with van der Waals surface area (Å²) in [6, 6.07) is 0.461. The Labute approximate surface area is 124 Å². The van der Waals surface area contributed by atoms with Gasteiger partial charge in [0.05, 0.1) is 13.1 Å². The lowest BCUT2D eigenvalue weighted by Crippen LogP contribution is -2.33. The van der Waals surface area contributed by atoms with E-state index in [9.17, 15) is 0 Å². The molecule has 0 aromatic carbocycles. The van der Waals surface area contributed by atoms with Crippen molar-refractivity contribution < 1.29 is 4.52 Å². The van der Waals surface area contributed by atoms with Crippen molar-refractivity contribution >= 4 is 0 Å². The number of nitrogens with zero attached hydrogens (tertiary/aromatic N) is 6. The zero-order valence-electron chi connectivity index (χ0n) is 12.9. The second kappa shape index (κ2) is 5.55. The first kappa shape index (κ1) is 14.2. The summed E-state index contributed by atoms with van der Waals surface area (Å²) < 4.78 is 7.25. The summed E-state index contributed by atoms with van der Waals surface area (Å²) in [5.74, 6) is 1.47. The van der Waals surface area contributed by atoms with Gasteiger partial charge in [0.1, 0.15) is 12.7 Å². The predicted molar refractivity (Wildman–Crippen MR) is 76.5 cm³/mol. The van der Waals surface area contributed by atoms with Gasteiger partial charge in [-0.1, -0.05) is 25.9 Å². The van der Waals surface area contributed by atoms with Crippen LogP contribution in [0.15, 0.2) is 17.2 Å². The molecule has 3 heterocycles. The molecule has 1 aliphatic rings. The topological polar surface area (TPSA) is 72.9 Å². The lowest BCUT2D eigenvalue weighted by Gasteiger charge is -2.22. The lowest BCUT2D eigenvalue weighted by atomic mass is 9.97. The molecule has 0 aliphatic carbocycles. The fourth-order valence-corrected chi connectivity index (χ4v) is 2.66. The highest BCUT2D eigenvalue weighted by Gasteiger charge is 2.28. The van der Waals surface area contributed by atoms with Crippen LogP contribution in [0, 0.1) is 0 Å². The van der Waals surface area contributed by atoms with Crippen LogP contribution in [0.4, 0.5) is 0 Å². The highest BCUT2D eigenvalue weighted by atomic mass is 16.5. The largest absolute Gasteiger partial charge is 0.339 e. The van der Waals surface area contributed by atoms with Crippen molar-refractivity contribution in [2.24, 2.45) is 0 Å². The van der Waals surface area contributed by atoms with Gasteiger partial charge in [-0.2, -0.15) is 10.1 Å². The van der Waals surface area contributed by atoms with Crippen molar-refractivity contribution in [2.45, 2.75) is 58.2 Å². The smallest absolute Gasteiger partial charge is 0.232 e. The van der Waals surface area contributed by atoms with Crippen LogP contribution in [0.2, 0.25) is 0 Å². The van der Waals surface area contributed by atoms with E-state index < -0.39 is 0 Å². The van der Waals surface area contributed by atoms with E-state index in [4.69, 9.17) is 4.52 Å². The van der Waals surface area contributed by atoms with Gasteiger partial charge in [-0.15, -0.1) is 0 Å². The average molecular weight is 290 g/mol. The van der Waals surface area contributed by atoms with Gasteiger partial charge in [0.25, 0.3) is 0 Å². The predicted octanol–water partition coefficient (Wildman–Crippen LogP) is 1.62. The van der Waals surface area contributed by atoms with Crippen molar-refractivity contribution in [3.05, 3.63) is 24.4 Å². The molecule has 3 rings (SSSR count). The number of likely N-dealkylation sites (tertiary alicyclic amines) is 1. The molecule has 0 spiro atoms. The van der Waals surface area contributed by atoms with Gasteiger partial charge in [0.15, 0.2) is 5.82 Å². The van der Waals surface area contributed by atoms with Crippen LogP contribution in [0.25, 0.3) is 0 Å². The molecule has 7 heteroatoms. The maximum atomic E-state index is 5.37. The molecular formula is C14H22N6O. The molecule has 1 saturated heterocycles. The normalized spacial score (nSPS) is 20.2. The second-order valence-electron chi connectivity index (χ2n) is 6.65. The second-order valence-corrected chi connectivity index (χ2v) is 6.65. The fraction of sp³-hybridized carbons (Fsp3) is 0.714. The third kappa shape index (κ3) is 3.29. The van der Waals surface area contributed by atoms with E-state index in [1.165, 1.54) is 12.8 Å². The van der Waals surface area contributed by atoms with E-state index in [2.05, 4.69) is 45.9 Å². The molecule has 2 aromatic heterocycles. The molecule has 0 unspecified atom stereocenters. The van der Waals surface area contributed by atoms with Crippen molar-refractivity contribution in [1.82, 2.24) is 29.8 Å². The molecule has 21 heavy (non-hydrogen) atoms. The lowest BCUT2D eigenvalue weighted by molar-refractivity contribution is 0.211. The van der Waals surface area contributed by atoms with Crippen LogP contribution >= 0.6 is 0 Å². The molecule has 1 fully saturated rings. The summed E-state index contributed by atoms with van der Waals surface area (Å²) in [4.78, 5) is 10.9. The van der Waals surface area contributed by atoms with Gasteiger partial charge in [0.2, 0.25) is 5.89 Å². The zero-order chi connectivity index (χ0) is 14.9. The van der Waals surface area contributed by atoms with Gasteiger partial charge in [0, 0.05) is 11.5 Å². The summed E-state index contributed by atoms with van der Waals surface area (Å²) >= 11 is 0. The Bertz CT molecular complexity index is 571. The van der Waals surface area contributed by atoms with Gasteiger partial charge in [-0.3, -0.25) is 9.58 Å². The average Bonchev–Trinajstić information content (AvgIpc) is 3.12. The van der Waals surface area contributed by atoms with E-state index >= 15 is 0 Å². The minimum Gasteiger partial charge on any atom is -0.339 e. The summed E-state index contributed by atoms with van der Waals surface area (Å²) in [5.41, 5.74) is -0.101. The number of rotatable bonds is 4. The summed E-state index contributed by atoms with van der Waals surface area (Å²) in [6.45, 7) is 8.90. The Morgan fingerprint density at radius 3 is 2.90 bits per heavy atom. The van der Waals surface area contributed by atoms with E-state index in [1.807, 2.05) is 4.68 Å². The minimum absolute atomic E-state index is 0.101. The maximum Gasteiger partial charge on any atom is 0.232 e. The van der Waals surface area contributed by atoms with Crippen LogP contribution in [0.5, 0.6) is 0 Å². The van der Waals surface area contributed by atoms with Crippen LogP contribution < -0.4 is 0 Å². The molecule has 2 aromatic rings. The molecule has 1 aliphatic heterocycles. The Balaban J connectivity index is 1.64. The molecule has 0 saturated carbocycles. The Hall–Kier alpha value is -1.76. The molecule has 0 bridgehead atoms. The molecule has 0 N–H and O–H groups in total. The fourth-order valence-electron chi connectivity index (χ4n) is 2.66. The quantitative estimate of drug-likeness (QED) is 0.852. The third-order valence-electron chi connectivity index (χ3n) is 3.82. The van der Waals surface area contributed by atoms with Crippen LogP contribution in [-0.2, 0) is 18.5 Å². The van der Waals surface area contributed by atoms with E-state index in [1.54, 1.807) is 12.7 Å². The first-order valence-electron chi connectivity index (χ1n) is 7.42. The standard InChI is InChI=1S/C14H22N6O/c1-14(2,3)13-17-12(18-21-13)8-19-6-4-5-11(19)7-20-10-15-9-16-20/h9-11H,4-8H2,1-3H3/t11-/m0/s1. The van der Waals surface area contributed by atoms with E-state index in [-0.39, 0.29) is 5.41 Å². The van der Waals surface area contributed by atoms with Crippen molar-refractivity contribution in [1.29, 1.82) is 0 Å². The van der Waals surface area contributed by atoms with Gasteiger partial charge >= 0.3 is 0 Å². The van der Waals surface area contributed by atoms with Crippen LogP contribution in [-0.4, -0.2) is 42.4 Å². The number of hydrogen-bond acceptors (Lipinski definition) is 6. The highest BCUT2D eigenvalue weighted by Crippen LogP contribution is 2.23. The van der Waals surface area contributed by atoms with Crippen molar-refractivity contribution in [3.8, 4) is 0 Å². The molecule has 1 atom stereocenters. The van der Waals surface area contributed by atoms with Gasteiger partial charge in [-0.05, 0) is 19.4 Å². The van der Waals surface area contributed by atoms with Crippen LogP contribution in [0.3, 0.4) is 0 Å². The van der Waals surface area contributed by atoms with Crippen molar-refractivity contribution in [2.75, 3.05) is 6.54 Å². The third-order valence-corrected chi connectivity index (χ3v) is 3.82. The number of aromatic nitrogens is 5. The molecular weight excluding hydrogens is 268 g/mol. The molecule has 7 nitrogen and oxygen atoms in total. The summed E-state index contributed by atoms with van der Waals surface area (Å²) in [6.07, 6.45) is 5.71. The molecule has 0 amide bonds. The monoisotopic (exact) mass is 290 g/mol. The molecule has 0 radical (unpaired) electrons. The van der Waals surface area contributed by atoms with Gasteiger partial charge in [-0.25, -0.2) is 4.98 Å². The van der Waals surface area contributed by atoms with Crippen molar-refractivity contribution in [3.63, 3.8) is 0 Å². The Kier molecular flexibility index (Phi) is 3.75. The Morgan fingerprint density at radius 1 is 1.38 bits per heavy atom. The van der Waals surface area contributed by atoms with Gasteiger partial charge < -0.3 is 4.52 Å².